The molecule has 1 aromatic rings. The molecule has 0 spiro atoms. The Hall–Kier alpha value is -2.37. The molecule has 6 nitrogen and oxygen atoms in total. The molecule has 142 valence electrons. The molecule has 1 heterocycles. The molecule has 2 rings (SSSR count). The number of hydrogen-bond acceptors (Lipinski definition) is 4. The lowest BCUT2D eigenvalue weighted by molar-refractivity contribution is -0.144. The number of urea groups is 1. The van der Waals surface area contributed by atoms with Gasteiger partial charge in [0, 0.05) is 6.54 Å². The summed E-state index contributed by atoms with van der Waals surface area (Å²) in [5.41, 5.74) is 0.785. The van der Waals surface area contributed by atoms with E-state index in [4.69, 9.17) is 4.74 Å². The van der Waals surface area contributed by atoms with Gasteiger partial charge in [0.1, 0.15) is 5.54 Å². The highest BCUT2D eigenvalue weighted by atomic mass is 16.5. The molecular formula is C20H28N2O4. The highest BCUT2D eigenvalue weighted by Crippen LogP contribution is 2.30. The van der Waals surface area contributed by atoms with Gasteiger partial charge >= 0.3 is 12.0 Å². The quantitative estimate of drug-likeness (QED) is 0.438. The maximum absolute atomic E-state index is 12.8. The number of unbranched alkanes of at least 4 members (excludes halogenated alkanes) is 1. The highest BCUT2D eigenvalue weighted by molar-refractivity contribution is 6.07. The predicted molar refractivity (Wildman–Crippen MR) is 98.6 cm³/mol. The van der Waals surface area contributed by atoms with E-state index in [1.165, 1.54) is 5.56 Å². The van der Waals surface area contributed by atoms with Crippen molar-refractivity contribution in [2.24, 2.45) is 0 Å². The summed E-state index contributed by atoms with van der Waals surface area (Å²) in [6.07, 6.45) is 1.75. The Balaban J connectivity index is 2.03. The van der Waals surface area contributed by atoms with Gasteiger partial charge in [-0.1, -0.05) is 51.5 Å². The fraction of sp³-hybridized carbons (Fsp3) is 0.550. The number of nitrogens with zero attached hydrogens (tertiary/aromatic N) is 1. The second kappa shape index (κ2) is 8.34. The average molecular weight is 360 g/mol. The third kappa shape index (κ3) is 4.23. The van der Waals surface area contributed by atoms with Gasteiger partial charge in [0.25, 0.3) is 5.91 Å². The first-order valence-electron chi connectivity index (χ1n) is 9.19. The molecule has 0 bridgehead atoms. The van der Waals surface area contributed by atoms with E-state index in [0.29, 0.717) is 12.5 Å². The van der Waals surface area contributed by atoms with E-state index >= 15 is 0 Å². The van der Waals surface area contributed by atoms with Crippen LogP contribution >= 0.6 is 0 Å². The van der Waals surface area contributed by atoms with Gasteiger partial charge in [-0.25, -0.2) is 4.79 Å². The van der Waals surface area contributed by atoms with Gasteiger partial charge in [0.2, 0.25) is 0 Å². The zero-order valence-corrected chi connectivity index (χ0v) is 16.0. The molecule has 0 unspecified atom stereocenters. The molecule has 1 saturated heterocycles. The molecule has 1 aliphatic heterocycles. The minimum absolute atomic E-state index is 0.00520. The number of ether oxygens (including phenoxy) is 1. The molecule has 26 heavy (non-hydrogen) atoms. The fourth-order valence-electron chi connectivity index (χ4n) is 2.90. The van der Waals surface area contributed by atoms with Crippen molar-refractivity contribution in [1.29, 1.82) is 0 Å². The number of carbonyl (C=O) groups excluding carboxylic acids is 3. The van der Waals surface area contributed by atoms with Gasteiger partial charge in [0.15, 0.2) is 0 Å². The van der Waals surface area contributed by atoms with Crippen LogP contribution in [-0.4, -0.2) is 36.0 Å². The normalized spacial score (nSPS) is 19.8. The lowest BCUT2D eigenvalue weighted by Gasteiger charge is -2.22. The van der Waals surface area contributed by atoms with Crippen molar-refractivity contribution >= 4 is 17.9 Å². The number of carbonyl (C=O) groups is 3. The molecule has 0 saturated carbocycles. The summed E-state index contributed by atoms with van der Waals surface area (Å²) < 4.78 is 5.08. The smallest absolute Gasteiger partial charge is 0.325 e. The third-order valence-corrected chi connectivity index (χ3v) is 4.73. The lowest BCUT2D eigenvalue weighted by atomic mass is 9.90. The molecular weight excluding hydrogens is 332 g/mol. The molecule has 0 aromatic heterocycles. The van der Waals surface area contributed by atoms with Crippen LogP contribution in [0.15, 0.2) is 24.3 Å². The Morgan fingerprint density at radius 3 is 2.46 bits per heavy atom. The standard InChI is InChI=1S/C20H28N2O4/c1-5-6-13-26-17(23)11-12-22-18(24)20(4,21-19(22)25)16-9-7-15(8-10-16)14(2)3/h7-10,14H,5-6,11-13H2,1-4H3,(H,21,25)/t20-/m1/s1. The van der Waals surface area contributed by atoms with Crippen LogP contribution in [0.25, 0.3) is 0 Å². The maximum atomic E-state index is 12.8. The van der Waals surface area contributed by atoms with Crippen molar-refractivity contribution in [3.63, 3.8) is 0 Å². The molecule has 0 radical (unpaired) electrons. The molecule has 6 heteroatoms. The summed E-state index contributed by atoms with van der Waals surface area (Å²) in [5, 5.41) is 2.76. The minimum Gasteiger partial charge on any atom is -0.466 e. The first-order chi connectivity index (χ1) is 12.3. The van der Waals surface area contributed by atoms with Crippen LogP contribution in [-0.2, 0) is 19.9 Å². The van der Waals surface area contributed by atoms with Crippen LogP contribution in [0.5, 0.6) is 0 Å². The first-order valence-corrected chi connectivity index (χ1v) is 9.19. The SMILES string of the molecule is CCCCOC(=O)CCN1C(=O)N[C@](C)(c2ccc(C(C)C)cc2)C1=O. The number of esters is 1. The number of imide groups is 1. The Bertz CT molecular complexity index is 669. The largest absolute Gasteiger partial charge is 0.466 e. The van der Waals surface area contributed by atoms with Crippen LogP contribution in [0.2, 0.25) is 0 Å². The topological polar surface area (TPSA) is 75.7 Å². The molecule has 1 aromatic carbocycles. The van der Waals surface area contributed by atoms with Crippen molar-refractivity contribution in [3.8, 4) is 0 Å². The van der Waals surface area contributed by atoms with Crippen LogP contribution in [0.3, 0.4) is 0 Å². The Kier molecular flexibility index (Phi) is 6.40. The van der Waals surface area contributed by atoms with Crippen molar-refractivity contribution < 1.29 is 19.1 Å². The van der Waals surface area contributed by atoms with Crippen molar-refractivity contribution in [2.75, 3.05) is 13.2 Å². The Labute approximate surface area is 154 Å². The van der Waals surface area contributed by atoms with Gasteiger partial charge in [-0.15, -0.1) is 0 Å². The zero-order valence-electron chi connectivity index (χ0n) is 16.0. The first kappa shape index (κ1) is 19.9. The Morgan fingerprint density at radius 1 is 1.23 bits per heavy atom. The minimum atomic E-state index is -1.11. The number of nitrogens with one attached hydrogen (secondary N) is 1. The maximum Gasteiger partial charge on any atom is 0.325 e. The summed E-state index contributed by atoms with van der Waals surface area (Å²) in [6.45, 7) is 8.29. The molecule has 1 fully saturated rings. The van der Waals surface area contributed by atoms with Crippen LogP contribution in [0.1, 0.15) is 64.0 Å². The summed E-state index contributed by atoms with van der Waals surface area (Å²) in [4.78, 5) is 37.9. The molecule has 1 N–H and O–H groups in total. The van der Waals surface area contributed by atoms with Gasteiger partial charge in [-0.05, 0) is 30.4 Å². The molecule has 3 amide bonds. The van der Waals surface area contributed by atoms with Gasteiger partial charge in [-0.2, -0.15) is 0 Å². The number of hydrogen-bond donors (Lipinski definition) is 1. The average Bonchev–Trinajstić information content (AvgIpc) is 2.83. The fourth-order valence-corrected chi connectivity index (χ4v) is 2.90. The summed E-state index contributed by atoms with van der Waals surface area (Å²) >= 11 is 0. The molecule has 1 aliphatic rings. The summed E-state index contributed by atoms with van der Waals surface area (Å²) in [5.74, 6) is -0.351. The van der Waals surface area contributed by atoms with Crippen LogP contribution < -0.4 is 5.32 Å². The Morgan fingerprint density at radius 2 is 1.88 bits per heavy atom. The number of benzene rings is 1. The van der Waals surface area contributed by atoms with E-state index in [9.17, 15) is 14.4 Å². The number of amides is 3. The van der Waals surface area contributed by atoms with E-state index in [1.807, 2.05) is 31.2 Å². The lowest BCUT2D eigenvalue weighted by Crippen LogP contribution is -2.41. The molecule has 0 aliphatic carbocycles. The predicted octanol–water partition coefficient (Wildman–Crippen LogP) is 3.31. The van der Waals surface area contributed by atoms with Crippen molar-refractivity contribution in [1.82, 2.24) is 10.2 Å². The van der Waals surface area contributed by atoms with Gasteiger partial charge < -0.3 is 10.1 Å². The van der Waals surface area contributed by atoms with Crippen LogP contribution in [0, 0.1) is 0 Å². The summed E-state index contributed by atoms with van der Waals surface area (Å²) in [7, 11) is 0. The van der Waals surface area contributed by atoms with E-state index < -0.39 is 17.5 Å². The molecule has 1 atom stereocenters. The van der Waals surface area contributed by atoms with E-state index in [2.05, 4.69) is 19.2 Å². The van der Waals surface area contributed by atoms with Crippen molar-refractivity contribution in [3.05, 3.63) is 35.4 Å². The van der Waals surface area contributed by atoms with E-state index in [1.54, 1.807) is 6.92 Å². The zero-order chi connectivity index (χ0) is 19.3. The second-order valence-corrected chi connectivity index (χ2v) is 7.11. The van der Waals surface area contributed by atoms with Crippen LogP contribution in [0.4, 0.5) is 4.79 Å². The second-order valence-electron chi connectivity index (χ2n) is 7.11. The van der Waals surface area contributed by atoms with Gasteiger partial charge in [-0.3, -0.25) is 14.5 Å². The third-order valence-electron chi connectivity index (χ3n) is 4.73. The van der Waals surface area contributed by atoms with E-state index in [-0.39, 0.29) is 18.9 Å². The highest BCUT2D eigenvalue weighted by Gasteiger charge is 2.48. The summed E-state index contributed by atoms with van der Waals surface area (Å²) in [6, 6.07) is 7.20. The van der Waals surface area contributed by atoms with E-state index in [0.717, 1.165) is 23.3 Å². The number of rotatable bonds is 8. The monoisotopic (exact) mass is 360 g/mol. The van der Waals surface area contributed by atoms with Gasteiger partial charge in [0.05, 0.1) is 13.0 Å². The van der Waals surface area contributed by atoms with Crippen molar-refractivity contribution in [2.45, 2.75) is 58.4 Å².